The molecule has 0 bridgehead atoms. The average molecular weight is 210 g/mol. The Morgan fingerprint density at radius 1 is 1.33 bits per heavy atom. The Hall–Kier alpha value is -0.570. The number of carbonyl (C=O) groups is 1. The second kappa shape index (κ2) is 4.52. The van der Waals surface area contributed by atoms with Crippen LogP contribution in [0.1, 0.15) is 32.6 Å². The molecule has 3 heteroatoms. The first kappa shape index (κ1) is 10.9. The molecule has 1 saturated heterocycles. The van der Waals surface area contributed by atoms with Crippen molar-refractivity contribution >= 4 is 5.91 Å². The van der Waals surface area contributed by atoms with Crippen molar-refractivity contribution in [2.24, 2.45) is 11.8 Å². The molecule has 15 heavy (non-hydrogen) atoms. The van der Waals surface area contributed by atoms with Crippen LogP contribution >= 0.6 is 0 Å². The zero-order chi connectivity index (χ0) is 10.8. The van der Waals surface area contributed by atoms with Gasteiger partial charge in [-0.1, -0.05) is 19.8 Å². The van der Waals surface area contributed by atoms with Crippen molar-refractivity contribution in [3.8, 4) is 0 Å². The summed E-state index contributed by atoms with van der Waals surface area (Å²) in [5.41, 5.74) is 0. The van der Waals surface area contributed by atoms with E-state index in [-0.39, 0.29) is 5.92 Å². The molecule has 1 unspecified atom stereocenters. The van der Waals surface area contributed by atoms with Gasteiger partial charge in [-0.15, -0.1) is 0 Å². The monoisotopic (exact) mass is 210 g/mol. The van der Waals surface area contributed by atoms with Crippen molar-refractivity contribution in [2.75, 3.05) is 20.1 Å². The van der Waals surface area contributed by atoms with Gasteiger partial charge in [0.1, 0.15) is 0 Å². The number of carbonyl (C=O) groups excluding carboxylic acids is 1. The Morgan fingerprint density at radius 3 is 2.40 bits per heavy atom. The van der Waals surface area contributed by atoms with Crippen molar-refractivity contribution in [3.05, 3.63) is 0 Å². The molecule has 1 N–H and O–H groups in total. The van der Waals surface area contributed by atoms with Crippen molar-refractivity contribution < 1.29 is 4.79 Å². The van der Waals surface area contributed by atoms with E-state index >= 15 is 0 Å². The van der Waals surface area contributed by atoms with Crippen molar-refractivity contribution in [1.29, 1.82) is 0 Å². The van der Waals surface area contributed by atoms with Crippen LogP contribution < -0.4 is 5.32 Å². The Labute approximate surface area is 92.2 Å². The first-order valence-corrected chi connectivity index (χ1v) is 6.17. The highest BCUT2D eigenvalue weighted by atomic mass is 16.2. The van der Waals surface area contributed by atoms with Crippen LogP contribution in [0.4, 0.5) is 0 Å². The fourth-order valence-electron chi connectivity index (χ4n) is 2.66. The number of amides is 1. The minimum Gasteiger partial charge on any atom is -0.343 e. The lowest BCUT2D eigenvalue weighted by Gasteiger charge is -2.35. The molecule has 1 saturated carbocycles. The molecule has 0 radical (unpaired) electrons. The second-order valence-electron chi connectivity index (χ2n) is 5.09. The molecule has 3 nitrogen and oxygen atoms in total. The van der Waals surface area contributed by atoms with E-state index < -0.39 is 0 Å². The molecule has 1 aliphatic carbocycles. The Bertz CT molecular complexity index is 232. The van der Waals surface area contributed by atoms with Gasteiger partial charge in [0.25, 0.3) is 0 Å². The van der Waals surface area contributed by atoms with Gasteiger partial charge in [-0.3, -0.25) is 4.79 Å². The molecular weight excluding hydrogens is 188 g/mol. The average Bonchev–Trinajstić information content (AvgIpc) is 2.65. The van der Waals surface area contributed by atoms with E-state index in [2.05, 4.69) is 12.2 Å². The van der Waals surface area contributed by atoms with Crippen LogP contribution in [-0.2, 0) is 4.79 Å². The van der Waals surface area contributed by atoms with Crippen molar-refractivity contribution in [3.63, 3.8) is 0 Å². The molecule has 0 spiro atoms. The van der Waals surface area contributed by atoms with Crippen LogP contribution in [0.15, 0.2) is 0 Å². The summed E-state index contributed by atoms with van der Waals surface area (Å²) < 4.78 is 0. The number of hydrogen-bond donors (Lipinski definition) is 1. The molecule has 1 amide bonds. The standard InChI is InChI=1S/C12H22N2O/c1-9(10-7-13-8-10)12(15)14(2)11-5-3-4-6-11/h9-11,13H,3-8H2,1-2H3. The summed E-state index contributed by atoms with van der Waals surface area (Å²) in [6.45, 7) is 4.12. The van der Waals surface area contributed by atoms with Gasteiger partial charge in [0.15, 0.2) is 0 Å². The van der Waals surface area contributed by atoms with Gasteiger partial charge in [-0.25, -0.2) is 0 Å². The molecule has 86 valence electrons. The van der Waals surface area contributed by atoms with Crippen LogP contribution in [0, 0.1) is 11.8 Å². The van der Waals surface area contributed by atoms with Crippen LogP contribution in [0.5, 0.6) is 0 Å². The highest BCUT2D eigenvalue weighted by Gasteiger charge is 2.33. The minimum atomic E-state index is 0.205. The van der Waals surface area contributed by atoms with Crippen LogP contribution in [0.2, 0.25) is 0 Å². The lowest BCUT2D eigenvalue weighted by atomic mass is 9.87. The molecule has 0 aromatic heterocycles. The normalized spacial score (nSPS) is 24.9. The molecule has 2 fully saturated rings. The van der Waals surface area contributed by atoms with E-state index in [9.17, 15) is 4.79 Å². The van der Waals surface area contributed by atoms with Gasteiger partial charge in [0.05, 0.1) is 0 Å². The minimum absolute atomic E-state index is 0.205. The predicted octanol–water partition coefficient (Wildman–Crippen LogP) is 1.24. The lowest BCUT2D eigenvalue weighted by Crippen LogP contribution is -2.51. The lowest BCUT2D eigenvalue weighted by molar-refractivity contribution is -0.138. The Kier molecular flexibility index (Phi) is 3.29. The van der Waals surface area contributed by atoms with Gasteiger partial charge in [-0.05, 0) is 31.8 Å². The highest BCUT2D eigenvalue weighted by Crippen LogP contribution is 2.25. The van der Waals surface area contributed by atoms with Crippen LogP contribution in [-0.4, -0.2) is 37.0 Å². The largest absolute Gasteiger partial charge is 0.343 e. The van der Waals surface area contributed by atoms with Crippen molar-refractivity contribution in [1.82, 2.24) is 10.2 Å². The fraction of sp³-hybridized carbons (Fsp3) is 0.917. The third-order valence-electron chi connectivity index (χ3n) is 4.13. The van der Waals surface area contributed by atoms with Gasteiger partial charge in [0.2, 0.25) is 5.91 Å². The van der Waals surface area contributed by atoms with Gasteiger partial charge < -0.3 is 10.2 Å². The Balaban J connectivity index is 1.87. The summed E-state index contributed by atoms with van der Waals surface area (Å²) in [5.74, 6) is 1.13. The maximum absolute atomic E-state index is 12.2. The maximum Gasteiger partial charge on any atom is 0.225 e. The van der Waals surface area contributed by atoms with E-state index in [0.29, 0.717) is 17.9 Å². The molecule has 1 aliphatic heterocycles. The first-order valence-electron chi connectivity index (χ1n) is 6.17. The molecule has 1 heterocycles. The zero-order valence-corrected chi connectivity index (χ0v) is 9.83. The second-order valence-corrected chi connectivity index (χ2v) is 5.09. The van der Waals surface area contributed by atoms with Crippen molar-refractivity contribution in [2.45, 2.75) is 38.6 Å². The molecular formula is C12H22N2O. The third kappa shape index (κ3) is 2.17. The summed E-state index contributed by atoms with van der Waals surface area (Å²) in [5, 5.41) is 3.23. The predicted molar refractivity (Wildman–Crippen MR) is 60.5 cm³/mol. The summed E-state index contributed by atoms with van der Waals surface area (Å²) in [4.78, 5) is 14.2. The van der Waals surface area contributed by atoms with Gasteiger partial charge in [-0.2, -0.15) is 0 Å². The Morgan fingerprint density at radius 2 is 1.93 bits per heavy atom. The smallest absolute Gasteiger partial charge is 0.225 e. The highest BCUT2D eigenvalue weighted by molar-refractivity contribution is 5.79. The first-order chi connectivity index (χ1) is 7.20. The summed E-state index contributed by atoms with van der Waals surface area (Å²) in [7, 11) is 1.99. The number of rotatable bonds is 3. The number of hydrogen-bond acceptors (Lipinski definition) is 2. The summed E-state index contributed by atoms with van der Waals surface area (Å²) >= 11 is 0. The van der Waals surface area contributed by atoms with E-state index in [1.165, 1.54) is 25.7 Å². The van der Waals surface area contributed by atoms with Gasteiger partial charge >= 0.3 is 0 Å². The topological polar surface area (TPSA) is 32.3 Å². The molecule has 2 aliphatic rings. The van der Waals surface area contributed by atoms with Crippen LogP contribution in [0.3, 0.4) is 0 Å². The molecule has 0 aromatic carbocycles. The van der Waals surface area contributed by atoms with E-state index in [1.54, 1.807) is 0 Å². The van der Waals surface area contributed by atoms with Crippen LogP contribution in [0.25, 0.3) is 0 Å². The number of nitrogens with one attached hydrogen (secondary N) is 1. The SMILES string of the molecule is CC(C(=O)N(C)C1CCCC1)C1CNC1. The maximum atomic E-state index is 12.2. The van der Waals surface area contributed by atoms with E-state index in [0.717, 1.165) is 13.1 Å². The van der Waals surface area contributed by atoms with E-state index in [1.807, 2.05) is 11.9 Å². The third-order valence-corrected chi connectivity index (χ3v) is 4.13. The zero-order valence-electron chi connectivity index (χ0n) is 9.83. The van der Waals surface area contributed by atoms with Gasteiger partial charge in [0, 0.05) is 19.0 Å². The number of nitrogens with zero attached hydrogens (tertiary/aromatic N) is 1. The quantitative estimate of drug-likeness (QED) is 0.760. The summed E-state index contributed by atoms with van der Waals surface area (Å²) in [6.07, 6.45) is 5.00. The molecule has 1 atom stereocenters. The molecule has 2 rings (SSSR count). The van der Waals surface area contributed by atoms with E-state index in [4.69, 9.17) is 0 Å². The molecule has 0 aromatic rings. The fourth-order valence-corrected chi connectivity index (χ4v) is 2.66. The summed E-state index contributed by atoms with van der Waals surface area (Å²) in [6, 6.07) is 0.521.